The molecular weight excluding hydrogens is 216 g/mol. The Morgan fingerprint density at radius 1 is 1.41 bits per heavy atom. The molecule has 1 aromatic rings. The zero-order valence-corrected chi connectivity index (χ0v) is 10.1. The summed E-state index contributed by atoms with van der Waals surface area (Å²) >= 11 is 0. The van der Waals surface area contributed by atoms with E-state index in [1.807, 2.05) is 37.3 Å². The van der Waals surface area contributed by atoms with Crippen molar-refractivity contribution in [3.63, 3.8) is 0 Å². The molecule has 1 amide bonds. The second-order valence-corrected chi connectivity index (χ2v) is 4.01. The standard InChI is InChI=1S/C13H20N2O2/c1-2-11(8-9-16)15-13(17)12(14)10-6-4-3-5-7-10/h3-7,11-12,16H,2,8-9,14H2,1H3,(H,15,17)/t11?,12-/m0/s1. The summed E-state index contributed by atoms with van der Waals surface area (Å²) in [5.74, 6) is -0.198. The topological polar surface area (TPSA) is 75.3 Å². The molecule has 4 N–H and O–H groups in total. The van der Waals surface area contributed by atoms with Gasteiger partial charge in [0.05, 0.1) is 0 Å². The lowest BCUT2D eigenvalue weighted by Crippen LogP contribution is -2.41. The number of carbonyl (C=O) groups is 1. The van der Waals surface area contributed by atoms with Crippen LogP contribution < -0.4 is 11.1 Å². The highest BCUT2D eigenvalue weighted by atomic mass is 16.3. The van der Waals surface area contributed by atoms with Crippen LogP contribution in [-0.4, -0.2) is 23.7 Å². The molecule has 2 atom stereocenters. The van der Waals surface area contributed by atoms with Crippen molar-refractivity contribution in [2.45, 2.75) is 31.8 Å². The molecule has 0 bridgehead atoms. The van der Waals surface area contributed by atoms with Gasteiger partial charge in [-0.2, -0.15) is 0 Å². The van der Waals surface area contributed by atoms with Crippen molar-refractivity contribution in [1.82, 2.24) is 5.32 Å². The van der Waals surface area contributed by atoms with Gasteiger partial charge in [-0.15, -0.1) is 0 Å². The molecule has 4 heteroatoms. The Hall–Kier alpha value is -1.39. The van der Waals surface area contributed by atoms with Gasteiger partial charge < -0.3 is 16.2 Å². The maximum atomic E-state index is 11.9. The first-order valence-electron chi connectivity index (χ1n) is 5.90. The Morgan fingerprint density at radius 2 is 2.06 bits per heavy atom. The van der Waals surface area contributed by atoms with Crippen LogP contribution >= 0.6 is 0 Å². The summed E-state index contributed by atoms with van der Waals surface area (Å²) in [4.78, 5) is 11.9. The maximum absolute atomic E-state index is 11.9. The molecule has 4 nitrogen and oxygen atoms in total. The van der Waals surface area contributed by atoms with Crippen molar-refractivity contribution in [2.24, 2.45) is 5.73 Å². The number of aliphatic hydroxyl groups is 1. The van der Waals surface area contributed by atoms with Crippen molar-refractivity contribution >= 4 is 5.91 Å². The summed E-state index contributed by atoms with van der Waals surface area (Å²) in [7, 11) is 0. The molecule has 0 aromatic heterocycles. The summed E-state index contributed by atoms with van der Waals surface area (Å²) in [6.07, 6.45) is 1.34. The number of hydrogen-bond acceptors (Lipinski definition) is 3. The van der Waals surface area contributed by atoms with Crippen LogP contribution in [0.15, 0.2) is 30.3 Å². The zero-order chi connectivity index (χ0) is 12.7. The molecule has 0 aliphatic carbocycles. The van der Waals surface area contributed by atoms with Gasteiger partial charge in [0.1, 0.15) is 6.04 Å². The van der Waals surface area contributed by atoms with E-state index in [1.54, 1.807) is 0 Å². The Bertz CT molecular complexity index is 341. The van der Waals surface area contributed by atoms with E-state index in [2.05, 4.69) is 5.32 Å². The van der Waals surface area contributed by atoms with Gasteiger partial charge in [0.15, 0.2) is 0 Å². The first-order chi connectivity index (χ1) is 8.19. The molecule has 0 spiro atoms. The van der Waals surface area contributed by atoms with E-state index in [0.717, 1.165) is 12.0 Å². The molecular formula is C13H20N2O2. The van der Waals surface area contributed by atoms with Gasteiger partial charge in [-0.25, -0.2) is 0 Å². The molecule has 1 unspecified atom stereocenters. The lowest BCUT2D eigenvalue weighted by molar-refractivity contribution is -0.123. The highest BCUT2D eigenvalue weighted by Crippen LogP contribution is 2.10. The van der Waals surface area contributed by atoms with Gasteiger partial charge >= 0.3 is 0 Å². The predicted octanol–water partition coefficient (Wildman–Crippen LogP) is 0.964. The van der Waals surface area contributed by atoms with Gasteiger partial charge in [-0.3, -0.25) is 4.79 Å². The Labute approximate surface area is 102 Å². The third kappa shape index (κ3) is 4.17. The zero-order valence-electron chi connectivity index (χ0n) is 10.1. The van der Waals surface area contributed by atoms with Gasteiger partial charge in [-0.05, 0) is 18.4 Å². The fourth-order valence-corrected chi connectivity index (χ4v) is 1.64. The number of aliphatic hydroxyl groups excluding tert-OH is 1. The summed E-state index contributed by atoms with van der Waals surface area (Å²) in [6, 6.07) is 8.59. The molecule has 0 radical (unpaired) electrons. The first-order valence-corrected chi connectivity index (χ1v) is 5.90. The molecule has 0 saturated carbocycles. The minimum absolute atomic E-state index is 0.0118. The predicted molar refractivity (Wildman–Crippen MR) is 67.3 cm³/mol. The first kappa shape index (κ1) is 13.7. The number of amides is 1. The lowest BCUT2D eigenvalue weighted by Gasteiger charge is -2.19. The Balaban J connectivity index is 2.58. The van der Waals surface area contributed by atoms with Crippen molar-refractivity contribution in [1.29, 1.82) is 0 Å². The SMILES string of the molecule is CCC(CCO)NC(=O)[C@@H](N)c1ccccc1. The van der Waals surface area contributed by atoms with E-state index < -0.39 is 6.04 Å². The van der Waals surface area contributed by atoms with Crippen LogP contribution in [0.4, 0.5) is 0 Å². The van der Waals surface area contributed by atoms with Crippen molar-refractivity contribution in [3.05, 3.63) is 35.9 Å². The van der Waals surface area contributed by atoms with Crippen molar-refractivity contribution in [3.8, 4) is 0 Å². The van der Waals surface area contributed by atoms with Crippen LogP contribution in [0.25, 0.3) is 0 Å². The highest BCUT2D eigenvalue weighted by molar-refractivity contribution is 5.83. The molecule has 94 valence electrons. The fraction of sp³-hybridized carbons (Fsp3) is 0.462. The normalized spacial score (nSPS) is 14.1. The molecule has 1 rings (SSSR count). The smallest absolute Gasteiger partial charge is 0.241 e. The van der Waals surface area contributed by atoms with E-state index in [-0.39, 0.29) is 18.6 Å². The molecule has 0 heterocycles. The third-order valence-corrected chi connectivity index (χ3v) is 2.76. The molecule has 0 aliphatic rings. The minimum atomic E-state index is -0.649. The van der Waals surface area contributed by atoms with Crippen LogP contribution in [0.2, 0.25) is 0 Å². The number of hydrogen-bond donors (Lipinski definition) is 3. The van der Waals surface area contributed by atoms with Crippen LogP contribution in [0.1, 0.15) is 31.4 Å². The van der Waals surface area contributed by atoms with Gasteiger partial charge in [0.25, 0.3) is 0 Å². The van der Waals surface area contributed by atoms with E-state index in [9.17, 15) is 4.79 Å². The lowest BCUT2D eigenvalue weighted by atomic mass is 10.1. The minimum Gasteiger partial charge on any atom is -0.396 e. The van der Waals surface area contributed by atoms with Crippen molar-refractivity contribution < 1.29 is 9.90 Å². The Kier molecular flexibility index (Phi) is 5.66. The van der Waals surface area contributed by atoms with Crippen LogP contribution in [0.5, 0.6) is 0 Å². The number of carbonyl (C=O) groups excluding carboxylic acids is 1. The number of nitrogens with two attached hydrogens (primary N) is 1. The average Bonchev–Trinajstić information content (AvgIpc) is 2.38. The van der Waals surface area contributed by atoms with E-state index in [1.165, 1.54) is 0 Å². The van der Waals surface area contributed by atoms with Crippen LogP contribution in [0, 0.1) is 0 Å². The quantitative estimate of drug-likeness (QED) is 0.688. The largest absolute Gasteiger partial charge is 0.396 e. The summed E-state index contributed by atoms with van der Waals surface area (Å²) in [5.41, 5.74) is 6.66. The maximum Gasteiger partial charge on any atom is 0.241 e. The second kappa shape index (κ2) is 7.04. The molecule has 17 heavy (non-hydrogen) atoms. The van der Waals surface area contributed by atoms with E-state index >= 15 is 0 Å². The van der Waals surface area contributed by atoms with E-state index in [4.69, 9.17) is 10.8 Å². The number of benzene rings is 1. The number of nitrogens with one attached hydrogen (secondary N) is 1. The Morgan fingerprint density at radius 3 is 2.59 bits per heavy atom. The second-order valence-electron chi connectivity index (χ2n) is 4.01. The highest BCUT2D eigenvalue weighted by Gasteiger charge is 2.18. The van der Waals surface area contributed by atoms with Crippen LogP contribution in [0.3, 0.4) is 0 Å². The average molecular weight is 236 g/mol. The van der Waals surface area contributed by atoms with Gasteiger partial charge in [-0.1, -0.05) is 37.3 Å². The van der Waals surface area contributed by atoms with Gasteiger partial charge in [0.2, 0.25) is 5.91 Å². The van der Waals surface area contributed by atoms with Crippen LogP contribution in [-0.2, 0) is 4.79 Å². The molecule has 0 saturated heterocycles. The summed E-state index contributed by atoms with van der Waals surface area (Å²) in [6.45, 7) is 2.04. The van der Waals surface area contributed by atoms with Gasteiger partial charge in [0, 0.05) is 12.6 Å². The molecule has 0 aliphatic heterocycles. The molecule has 0 fully saturated rings. The summed E-state index contributed by atoms with van der Waals surface area (Å²) in [5, 5.41) is 11.7. The summed E-state index contributed by atoms with van der Waals surface area (Å²) < 4.78 is 0. The number of rotatable bonds is 6. The monoisotopic (exact) mass is 236 g/mol. The third-order valence-electron chi connectivity index (χ3n) is 2.76. The van der Waals surface area contributed by atoms with Crippen molar-refractivity contribution in [2.75, 3.05) is 6.61 Å². The molecule has 1 aromatic carbocycles. The van der Waals surface area contributed by atoms with E-state index in [0.29, 0.717) is 6.42 Å². The fourth-order valence-electron chi connectivity index (χ4n) is 1.64.